The fraction of sp³-hybridized carbons (Fsp3) is 0.500. The van der Waals surface area contributed by atoms with E-state index in [9.17, 15) is 4.39 Å². The molecule has 0 radical (unpaired) electrons. The molecular formula is C16H23ClFN. The van der Waals surface area contributed by atoms with Crippen LogP contribution >= 0.6 is 11.6 Å². The van der Waals surface area contributed by atoms with Crippen molar-refractivity contribution in [2.75, 3.05) is 6.54 Å². The van der Waals surface area contributed by atoms with E-state index in [0.717, 1.165) is 37.8 Å². The number of nitrogens with one attached hydrogen (secondary N) is 1. The molecule has 0 saturated heterocycles. The minimum atomic E-state index is -0.284. The molecule has 0 heterocycles. The lowest BCUT2D eigenvalue weighted by Gasteiger charge is -2.19. The van der Waals surface area contributed by atoms with E-state index in [0.29, 0.717) is 11.1 Å². The Morgan fingerprint density at radius 1 is 1.47 bits per heavy atom. The van der Waals surface area contributed by atoms with Crippen LogP contribution in [0.5, 0.6) is 0 Å². The highest BCUT2D eigenvalue weighted by Gasteiger charge is 2.11. The second kappa shape index (κ2) is 8.34. The van der Waals surface area contributed by atoms with Crippen LogP contribution in [-0.2, 0) is 6.42 Å². The van der Waals surface area contributed by atoms with Gasteiger partial charge in [0.05, 0.1) is 0 Å². The lowest BCUT2D eigenvalue weighted by molar-refractivity contribution is 0.477. The predicted molar refractivity (Wildman–Crippen MR) is 81.2 cm³/mol. The molecule has 1 nitrogen and oxygen atoms in total. The Hall–Kier alpha value is -0.860. The summed E-state index contributed by atoms with van der Waals surface area (Å²) in [6, 6.07) is 4.99. The van der Waals surface area contributed by atoms with Gasteiger partial charge in [-0.15, -0.1) is 6.58 Å². The van der Waals surface area contributed by atoms with Gasteiger partial charge in [0.15, 0.2) is 0 Å². The van der Waals surface area contributed by atoms with E-state index in [4.69, 9.17) is 11.6 Å². The van der Waals surface area contributed by atoms with Crippen molar-refractivity contribution in [2.24, 2.45) is 0 Å². The summed E-state index contributed by atoms with van der Waals surface area (Å²) in [5, 5.41) is 4.03. The summed E-state index contributed by atoms with van der Waals surface area (Å²) in [6.45, 7) is 9.12. The molecule has 0 aliphatic carbocycles. The standard InChI is InChI=1S/C16H23ClFN/c1-4-9-19-15(8-5-12(2)3)10-13-6-7-14(18)11-16(13)17/h6-7,11,15,19H,2,4-5,8-10H2,1,3H3. The van der Waals surface area contributed by atoms with E-state index in [2.05, 4.69) is 18.8 Å². The van der Waals surface area contributed by atoms with Crippen LogP contribution in [0.15, 0.2) is 30.4 Å². The van der Waals surface area contributed by atoms with Gasteiger partial charge < -0.3 is 5.32 Å². The first-order valence-electron chi connectivity index (χ1n) is 6.84. The minimum Gasteiger partial charge on any atom is -0.314 e. The van der Waals surface area contributed by atoms with Gasteiger partial charge in [-0.25, -0.2) is 4.39 Å². The zero-order chi connectivity index (χ0) is 14.3. The van der Waals surface area contributed by atoms with Gasteiger partial charge in [0.25, 0.3) is 0 Å². The molecule has 0 spiro atoms. The fourth-order valence-electron chi connectivity index (χ4n) is 2.00. The summed E-state index contributed by atoms with van der Waals surface area (Å²) in [7, 11) is 0. The average molecular weight is 284 g/mol. The number of hydrogen-bond acceptors (Lipinski definition) is 1. The average Bonchev–Trinajstić information content (AvgIpc) is 2.35. The Balaban J connectivity index is 2.66. The van der Waals surface area contributed by atoms with Crippen molar-refractivity contribution in [3.05, 3.63) is 46.8 Å². The maximum absolute atomic E-state index is 13.0. The first kappa shape index (κ1) is 16.2. The van der Waals surface area contributed by atoms with Crippen LogP contribution in [0.4, 0.5) is 4.39 Å². The molecule has 0 amide bonds. The largest absolute Gasteiger partial charge is 0.314 e. The van der Waals surface area contributed by atoms with E-state index < -0.39 is 0 Å². The second-order valence-electron chi connectivity index (χ2n) is 5.09. The summed E-state index contributed by atoms with van der Waals surface area (Å²) in [6.07, 6.45) is 3.95. The maximum Gasteiger partial charge on any atom is 0.124 e. The summed E-state index contributed by atoms with van der Waals surface area (Å²) >= 11 is 6.09. The van der Waals surface area contributed by atoms with E-state index in [1.807, 2.05) is 6.92 Å². The highest BCUT2D eigenvalue weighted by Crippen LogP contribution is 2.20. The molecule has 1 N–H and O–H groups in total. The molecule has 0 aromatic heterocycles. The molecule has 19 heavy (non-hydrogen) atoms. The third-order valence-corrected chi connectivity index (χ3v) is 3.44. The van der Waals surface area contributed by atoms with Crippen LogP contribution in [0.3, 0.4) is 0 Å². The van der Waals surface area contributed by atoms with Gasteiger partial charge in [-0.1, -0.05) is 30.2 Å². The molecule has 3 heteroatoms. The van der Waals surface area contributed by atoms with E-state index in [1.54, 1.807) is 6.07 Å². The lowest BCUT2D eigenvalue weighted by atomic mass is 9.99. The third kappa shape index (κ3) is 6.22. The van der Waals surface area contributed by atoms with E-state index in [1.165, 1.54) is 17.7 Å². The van der Waals surface area contributed by atoms with Gasteiger partial charge in [0.1, 0.15) is 5.82 Å². The lowest BCUT2D eigenvalue weighted by Crippen LogP contribution is -2.32. The van der Waals surface area contributed by atoms with Gasteiger partial charge in [-0.05, 0) is 56.8 Å². The fourth-order valence-corrected chi connectivity index (χ4v) is 2.24. The van der Waals surface area contributed by atoms with Crippen molar-refractivity contribution in [3.63, 3.8) is 0 Å². The number of benzene rings is 1. The van der Waals surface area contributed by atoms with Crippen LogP contribution in [-0.4, -0.2) is 12.6 Å². The molecule has 0 saturated carbocycles. The third-order valence-electron chi connectivity index (χ3n) is 3.08. The molecule has 0 aliphatic rings. The normalized spacial score (nSPS) is 12.4. The van der Waals surface area contributed by atoms with Gasteiger partial charge >= 0.3 is 0 Å². The predicted octanol–water partition coefficient (Wildman–Crippen LogP) is 4.75. The molecule has 0 bridgehead atoms. The summed E-state index contributed by atoms with van der Waals surface area (Å²) < 4.78 is 13.0. The monoisotopic (exact) mass is 283 g/mol. The van der Waals surface area contributed by atoms with Gasteiger partial charge in [0.2, 0.25) is 0 Å². The van der Waals surface area contributed by atoms with Crippen LogP contribution in [0, 0.1) is 5.82 Å². The van der Waals surface area contributed by atoms with E-state index in [-0.39, 0.29) is 5.82 Å². The molecular weight excluding hydrogens is 261 g/mol. The van der Waals surface area contributed by atoms with Crippen molar-refractivity contribution >= 4 is 11.6 Å². The summed E-state index contributed by atoms with van der Waals surface area (Å²) in [5.74, 6) is -0.284. The highest BCUT2D eigenvalue weighted by molar-refractivity contribution is 6.31. The van der Waals surface area contributed by atoms with Crippen LogP contribution in [0.1, 0.15) is 38.7 Å². The minimum absolute atomic E-state index is 0.284. The van der Waals surface area contributed by atoms with Crippen LogP contribution in [0.2, 0.25) is 5.02 Å². The van der Waals surface area contributed by atoms with Crippen LogP contribution < -0.4 is 5.32 Å². The summed E-state index contributed by atoms with van der Waals surface area (Å²) in [5.41, 5.74) is 2.19. The Kier molecular flexibility index (Phi) is 7.11. The van der Waals surface area contributed by atoms with Crippen molar-refractivity contribution < 1.29 is 4.39 Å². The zero-order valence-corrected chi connectivity index (χ0v) is 12.6. The first-order valence-corrected chi connectivity index (χ1v) is 7.22. The van der Waals surface area contributed by atoms with Gasteiger partial charge in [0, 0.05) is 11.1 Å². The van der Waals surface area contributed by atoms with Crippen LogP contribution in [0.25, 0.3) is 0 Å². The highest BCUT2D eigenvalue weighted by atomic mass is 35.5. The smallest absolute Gasteiger partial charge is 0.124 e. The Labute approximate surface area is 120 Å². The van der Waals surface area contributed by atoms with Crippen molar-refractivity contribution in [1.29, 1.82) is 0 Å². The maximum atomic E-state index is 13.0. The molecule has 106 valence electrons. The Bertz CT molecular complexity index is 417. The molecule has 1 aromatic rings. The SMILES string of the molecule is C=C(C)CCC(Cc1ccc(F)cc1Cl)NCCC. The van der Waals surface area contributed by atoms with Gasteiger partial charge in [-0.3, -0.25) is 0 Å². The zero-order valence-electron chi connectivity index (χ0n) is 11.8. The molecule has 1 rings (SSSR count). The molecule has 1 unspecified atom stereocenters. The van der Waals surface area contributed by atoms with Gasteiger partial charge in [-0.2, -0.15) is 0 Å². The van der Waals surface area contributed by atoms with Crippen molar-refractivity contribution in [3.8, 4) is 0 Å². The van der Waals surface area contributed by atoms with E-state index >= 15 is 0 Å². The summed E-state index contributed by atoms with van der Waals surface area (Å²) in [4.78, 5) is 0. The first-order chi connectivity index (χ1) is 9.02. The number of rotatable bonds is 8. The molecule has 0 fully saturated rings. The topological polar surface area (TPSA) is 12.0 Å². The van der Waals surface area contributed by atoms with Crippen molar-refractivity contribution in [1.82, 2.24) is 5.32 Å². The second-order valence-corrected chi connectivity index (χ2v) is 5.49. The molecule has 1 aromatic carbocycles. The quantitative estimate of drug-likeness (QED) is 0.679. The number of hydrogen-bond donors (Lipinski definition) is 1. The Morgan fingerprint density at radius 3 is 2.79 bits per heavy atom. The number of halogens is 2. The Morgan fingerprint density at radius 2 is 2.21 bits per heavy atom. The number of allylic oxidation sites excluding steroid dienone is 1. The molecule has 0 aliphatic heterocycles. The van der Waals surface area contributed by atoms with Crippen molar-refractivity contribution in [2.45, 2.75) is 45.6 Å². The molecule has 1 atom stereocenters.